The Morgan fingerprint density at radius 3 is 2.56 bits per heavy atom. The molecule has 4 nitrogen and oxygen atoms in total. The molecule has 0 unspecified atom stereocenters. The van der Waals surface area contributed by atoms with Crippen molar-refractivity contribution in [2.45, 2.75) is 31.6 Å². The molecule has 1 aromatic heterocycles. The lowest BCUT2D eigenvalue weighted by atomic mass is 9.73. The van der Waals surface area contributed by atoms with Gasteiger partial charge in [-0.3, -0.25) is 9.59 Å². The van der Waals surface area contributed by atoms with E-state index in [0.717, 1.165) is 28.3 Å². The van der Waals surface area contributed by atoms with Gasteiger partial charge >= 0.3 is 0 Å². The van der Waals surface area contributed by atoms with Crippen LogP contribution in [-0.4, -0.2) is 11.7 Å². The summed E-state index contributed by atoms with van der Waals surface area (Å²) in [7, 11) is 0. The van der Waals surface area contributed by atoms with E-state index < -0.39 is 23.5 Å². The SMILES string of the molecule is CC1=C(C(=O)Nc2ccc(F)cc2F)[C@@H](c2cccs2)C2=C(C[C@@H](c3ccccc3)CC2=O)N1. The summed E-state index contributed by atoms with van der Waals surface area (Å²) in [6, 6.07) is 16.7. The van der Waals surface area contributed by atoms with Crippen LogP contribution in [0.2, 0.25) is 0 Å². The number of nitrogens with one attached hydrogen (secondary N) is 2. The van der Waals surface area contributed by atoms with Crippen LogP contribution in [0.4, 0.5) is 14.5 Å². The van der Waals surface area contributed by atoms with E-state index in [4.69, 9.17) is 0 Å². The number of anilines is 1. The summed E-state index contributed by atoms with van der Waals surface area (Å²) in [4.78, 5) is 27.7. The zero-order chi connectivity index (χ0) is 23.8. The minimum absolute atomic E-state index is 0.00762. The first kappa shape index (κ1) is 22.2. The third-order valence-corrected chi connectivity index (χ3v) is 7.29. The fourth-order valence-corrected chi connectivity index (χ4v) is 5.66. The van der Waals surface area contributed by atoms with Crippen molar-refractivity contribution in [1.82, 2.24) is 5.32 Å². The van der Waals surface area contributed by atoms with Crippen molar-refractivity contribution in [1.29, 1.82) is 0 Å². The van der Waals surface area contributed by atoms with Crippen LogP contribution >= 0.6 is 11.3 Å². The summed E-state index contributed by atoms with van der Waals surface area (Å²) in [6.07, 6.45) is 1.01. The number of rotatable bonds is 4. The summed E-state index contributed by atoms with van der Waals surface area (Å²) >= 11 is 1.47. The molecule has 0 saturated carbocycles. The molecule has 1 amide bonds. The van der Waals surface area contributed by atoms with Crippen molar-refractivity contribution in [3.05, 3.63) is 111 Å². The molecule has 1 aliphatic heterocycles. The summed E-state index contributed by atoms with van der Waals surface area (Å²) in [6.45, 7) is 1.79. The fraction of sp³-hybridized carbons (Fsp3) is 0.185. The second-order valence-corrected chi connectivity index (χ2v) is 9.50. The molecule has 2 heterocycles. The average Bonchev–Trinajstić information content (AvgIpc) is 3.35. The van der Waals surface area contributed by atoms with Crippen LogP contribution in [0.25, 0.3) is 0 Å². The van der Waals surface area contributed by atoms with Crippen LogP contribution in [0, 0.1) is 11.6 Å². The molecule has 5 rings (SSSR count). The first-order valence-corrected chi connectivity index (χ1v) is 11.9. The number of amides is 1. The molecule has 2 atom stereocenters. The van der Waals surface area contributed by atoms with E-state index in [0.29, 0.717) is 29.7 Å². The van der Waals surface area contributed by atoms with Gasteiger partial charge in [-0.2, -0.15) is 0 Å². The van der Waals surface area contributed by atoms with Crippen molar-refractivity contribution >= 4 is 28.7 Å². The van der Waals surface area contributed by atoms with Crippen LogP contribution < -0.4 is 10.6 Å². The third-order valence-electron chi connectivity index (χ3n) is 6.35. The number of dihydropyridines is 1. The Morgan fingerprint density at radius 2 is 1.85 bits per heavy atom. The van der Waals surface area contributed by atoms with Crippen LogP contribution in [0.1, 0.15) is 42.0 Å². The Kier molecular flexibility index (Phi) is 5.87. The molecule has 7 heteroatoms. The number of hydrogen-bond donors (Lipinski definition) is 2. The molecular formula is C27H22F2N2O2S. The summed E-state index contributed by atoms with van der Waals surface area (Å²) in [5.74, 6) is -2.62. The second kappa shape index (κ2) is 8.99. The predicted molar refractivity (Wildman–Crippen MR) is 128 cm³/mol. The van der Waals surface area contributed by atoms with Gasteiger partial charge in [0, 0.05) is 39.9 Å². The van der Waals surface area contributed by atoms with Crippen LogP contribution in [0.5, 0.6) is 0 Å². The van der Waals surface area contributed by atoms with Gasteiger partial charge in [0.05, 0.1) is 11.6 Å². The number of ketones is 1. The van der Waals surface area contributed by atoms with E-state index in [9.17, 15) is 18.4 Å². The molecule has 2 N–H and O–H groups in total. The standard InChI is InChI=1S/C27H22F2N2O2S/c1-15-24(27(33)31-20-10-9-18(28)14-19(20)29)26(23-8-5-11-34-23)25-21(30-15)12-17(13-22(25)32)16-6-3-2-4-7-16/h2-11,14,17,26,30H,12-13H2,1H3,(H,31,33)/t17-,26-/m1/s1. The van der Waals surface area contributed by atoms with Crippen molar-refractivity contribution < 1.29 is 18.4 Å². The molecule has 0 radical (unpaired) electrons. The fourth-order valence-electron chi connectivity index (χ4n) is 4.82. The van der Waals surface area contributed by atoms with E-state index in [1.54, 1.807) is 6.92 Å². The zero-order valence-electron chi connectivity index (χ0n) is 18.4. The number of halogens is 2. The Hall–Kier alpha value is -3.58. The number of thiophene rings is 1. The van der Waals surface area contributed by atoms with E-state index >= 15 is 0 Å². The summed E-state index contributed by atoms with van der Waals surface area (Å²) in [5, 5.41) is 7.78. The van der Waals surface area contributed by atoms with Gasteiger partial charge in [-0.05, 0) is 48.4 Å². The van der Waals surface area contributed by atoms with E-state index in [2.05, 4.69) is 10.6 Å². The smallest absolute Gasteiger partial charge is 0.254 e. The van der Waals surface area contributed by atoms with Crippen molar-refractivity contribution in [2.75, 3.05) is 5.32 Å². The molecule has 0 bridgehead atoms. The van der Waals surface area contributed by atoms with Gasteiger partial charge in [-0.15, -0.1) is 11.3 Å². The van der Waals surface area contributed by atoms with Gasteiger partial charge in [-0.25, -0.2) is 8.78 Å². The molecule has 2 aliphatic rings. The Labute approximate surface area is 200 Å². The van der Waals surface area contributed by atoms with Crippen molar-refractivity contribution in [2.24, 2.45) is 0 Å². The summed E-state index contributed by atoms with van der Waals surface area (Å²) in [5.41, 5.74) is 3.37. The molecule has 2 aromatic carbocycles. The molecule has 0 fully saturated rings. The maximum Gasteiger partial charge on any atom is 0.254 e. The first-order valence-electron chi connectivity index (χ1n) is 11.0. The predicted octanol–water partition coefficient (Wildman–Crippen LogP) is 6.03. The number of carbonyl (C=O) groups excluding carboxylic acids is 2. The quantitative estimate of drug-likeness (QED) is 0.484. The monoisotopic (exact) mass is 476 g/mol. The average molecular weight is 477 g/mol. The van der Waals surface area contributed by atoms with Gasteiger partial charge < -0.3 is 10.6 Å². The largest absolute Gasteiger partial charge is 0.362 e. The molecule has 172 valence electrons. The summed E-state index contributed by atoms with van der Waals surface area (Å²) < 4.78 is 27.6. The maximum absolute atomic E-state index is 14.2. The highest BCUT2D eigenvalue weighted by atomic mass is 32.1. The highest BCUT2D eigenvalue weighted by molar-refractivity contribution is 7.10. The maximum atomic E-state index is 14.2. The van der Waals surface area contributed by atoms with Crippen LogP contribution in [-0.2, 0) is 9.59 Å². The lowest BCUT2D eigenvalue weighted by molar-refractivity contribution is -0.116. The van der Waals surface area contributed by atoms with Gasteiger partial charge in [0.25, 0.3) is 5.91 Å². The number of carbonyl (C=O) groups is 2. The minimum atomic E-state index is -0.859. The highest BCUT2D eigenvalue weighted by Crippen LogP contribution is 2.46. The Balaban J connectivity index is 1.53. The number of allylic oxidation sites excluding steroid dienone is 3. The normalized spacial score (nSPS) is 20.1. The Bertz CT molecular complexity index is 1330. The zero-order valence-corrected chi connectivity index (χ0v) is 19.2. The van der Waals surface area contributed by atoms with Crippen molar-refractivity contribution in [3.63, 3.8) is 0 Å². The van der Waals surface area contributed by atoms with Gasteiger partial charge in [0.1, 0.15) is 11.6 Å². The van der Waals surface area contributed by atoms with Crippen molar-refractivity contribution in [3.8, 4) is 0 Å². The number of benzene rings is 2. The number of hydrogen-bond acceptors (Lipinski definition) is 4. The van der Waals surface area contributed by atoms with E-state index in [1.165, 1.54) is 17.4 Å². The lowest BCUT2D eigenvalue weighted by Crippen LogP contribution is -2.36. The first-order chi connectivity index (χ1) is 16.4. The third kappa shape index (κ3) is 4.07. The molecule has 0 saturated heterocycles. The topological polar surface area (TPSA) is 58.2 Å². The lowest BCUT2D eigenvalue weighted by Gasteiger charge is -2.36. The van der Waals surface area contributed by atoms with Crippen LogP contribution in [0.3, 0.4) is 0 Å². The van der Waals surface area contributed by atoms with E-state index in [1.807, 2.05) is 47.8 Å². The number of Topliss-reactive ketones (excluding diaryl/α,β-unsaturated/α-hetero) is 1. The minimum Gasteiger partial charge on any atom is -0.362 e. The molecule has 3 aromatic rings. The second-order valence-electron chi connectivity index (χ2n) is 8.52. The van der Waals surface area contributed by atoms with Gasteiger partial charge in [0.2, 0.25) is 0 Å². The Morgan fingerprint density at radius 1 is 1.06 bits per heavy atom. The molecule has 0 spiro atoms. The van der Waals surface area contributed by atoms with Crippen LogP contribution in [0.15, 0.2) is 88.6 Å². The van der Waals surface area contributed by atoms with E-state index in [-0.39, 0.29) is 17.4 Å². The molecule has 1 aliphatic carbocycles. The molecular weight excluding hydrogens is 454 g/mol. The molecule has 34 heavy (non-hydrogen) atoms. The van der Waals surface area contributed by atoms with Gasteiger partial charge in [0.15, 0.2) is 5.78 Å². The van der Waals surface area contributed by atoms with Gasteiger partial charge in [-0.1, -0.05) is 36.4 Å². The highest BCUT2D eigenvalue weighted by Gasteiger charge is 2.41.